The van der Waals surface area contributed by atoms with E-state index < -0.39 is 11.9 Å². The van der Waals surface area contributed by atoms with Crippen molar-refractivity contribution >= 4 is 17.5 Å². The summed E-state index contributed by atoms with van der Waals surface area (Å²) in [4.78, 5) is 22.8. The molecule has 1 aromatic rings. The van der Waals surface area contributed by atoms with Crippen LogP contribution in [-0.4, -0.2) is 29.6 Å². The van der Waals surface area contributed by atoms with Gasteiger partial charge in [-0.15, -0.1) is 0 Å². The van der Waals surface area contributed by atoms with Gasteiger partial charge in [0, 0.05) is 12.1 Å². The van der Waals surface area contributed by atoms with Crippen molar-refractivity contribution in [2.24, 2.45) is 0 Å². The molecule has 2 rings (SSSR count). The van der Waals surface area contributed by atoms with Crippen molar-refractivity contribution in [3.05, 3.63) is 29.6 Å². The van der Waals surface area contributed by atoms with Crippen LogP contribution >= 0.6 is 0 Å². The van der Waals surface area contributed by atoms with Gasteiger partial charge in [-0.25, -0.2) is 4.39 Å². The number of benzene rings is 1. The van der Waals surface area contributed by atoms with E-state index in [2.05, 4.69) is 22.5 Å². The Bertz CT molecular complexity index is 604. The Hall–Kier alpha value is -2.39. The summed E-state index contributed by atoms with van der Waals surface area (Å²) in [6, 6.07) is 3.51. The van der Waals surface area contributed by atoms with E-state index in [4.69, 9.17) is 5.11 Å². The Morgan fingerprint density at radius 1 is 1.55 bits per heavy atom. The third-order valence-electron chi connectivity index (χ3n) is 2.85. The summed E-state index contributed by atoms with van der Waals surface area (Å²) >= 11 is 0. The van der Waals surface area contributed by atoms with E-state index in [1.807, 2.05) is 0 Å². The molecule has 1 aromatic carbocycles. The minimum Gasteiger partial charge on any atom is -0.384 e. The number of carbonyl (C=O) groups excluding carboxylic acids is 2. The van der Waals surface area contributed by atoms with Gasteiger partial charge in [-0.05, 0) is 24.6 Å². The Balaban J connectivity index is 2.05. The predicted octanol–water partition coefficient (Wildman–Crippen LogP) is 0.387. The number of hydrogen-bond donors (Lipinski definition) is 3. The maximum atomic E-state index is 13.7. The highest BCUT2D eigenvalue weighted by atomic mass is 19.1. The van der Waals surface area contributed by atoms with Crippen LogP contribution in [0.15, 0.2) is 18.2 Å². The summed E-state index contributed by atoms with van der Waals surface area (Å²) in [7, 11) is 0. The summed E-state index contributed by atoms with van der Waals surface area (Å²) in [5, 5.41) is 13.6. The molecule has 0 aromatic heterocycles. The van der Waals surface area contributed by atoms with Crippen molar-refractivity contribution in [1.29, 1.82) is 0 Å². The molecule has 3 N–H and O–H groups in total. The molecule has 104 valence electrons. The first kappa shape index (κ1) is 14.0. The highest BCUT2D eigenvalue weighted by Crippen LogP contribution is 2.15. The van der Waals surface area contributed by atoms with Crippen molar-refractivity contribution < 1.29 is 19.1 Å². The van der Waals surface area contributed by atoms with Crippen LogP contribution in [0.4, 0.5) is 10.1 Å². The monoisotopic (exact) mass is 276 g/mol. The maximum Gasteiger partial charge on any atom is 0.246 e. The molecule has 1 aliphatic heterocycles. The van der Waals surface area contributed by atoms with Gasteiger partial charge in [0.1, 0.15) is 18.5 Å². The van der Waals surface area contributed by atoms with Crippen LogP contribution in [0.2, 0.25) is 0 Å². The van der Waals surface area contributed by atoms with Crippen molar-refractivity contribution in [1.82, 2.24) is 5.32 Å². The first-order valence-corrected chi connectivity index (χ1v) is 6.09. The largest absolute Gasteiger partial charge is 0.384 e. The third kappa shape index (κ3) is 3.33. The molecule has 20 heavy (non-hydrogen) atoms. The average Bonchev–Trinajstić information content (AvgIpc) is 2.85. The minimum absolute atomic E-state index is 0.145. The van der Waals surface area contributed by atoms with Crippen molar-refractivity contribution in [2.45, 2.75) is 18.9 Å². The Kier molecular flexibility index (Phi) is 4.33. The number of amides is 2. The van der Waals surface area contributed by atoms with E-state index in [-0.39, 0.29) is 24.0 Å². The van der Waals surface area contributed by atoms with Crippen LogP contribution in [0.25, 0.3) is 0 Å². The van der Waals surface area contributed by atoms with E-state index in [1.54, 1.807) is 0 Å². The maximum absolute atomic E-state index is 13.7. The molecule has 1 atom stereocenters. The second-order valence-electron chi connectivity index (χ2n) is 4.30. The van der Waals surface area contributed by atoms with Crippen molar-refractivity contribution in [3.8, 4) is 11.8 Å². The van der Waals surface area contributed by atoms with Gasteiger partial charge in [0.2, 0.25) is 11.8 Å². The van der Waals surface area contributed by atoms with Gasteiger partial charge in [0.15, 0.2) is 0 Å². The lowest BCUT2D eigenvalue weighted by Gasteiger charge is -2.11. The molecule has 1 unspecified atom stereocenters. The molecule has 6 heteroatoms. The summed E-state index contributed by atoms with van der Waals surface area (Å²) in [6.45, 7) is -0.348. The Labute approximate surface area is 115 Å². The fourth-order valence-corrected chi connectivity index (χ4v) is 1.87. The zero-order chi connectivity index (χ0) is 14.5. The fraction of sp³-hybridized carbons (Fsp3) is 0.286. The normalized spacial score (nSPS) is 17.1. The molecular weight excluding hydrogens is 263 g/mol. The van der Waals surface area contributed by atoms with E-state index >= 15 is 0 Å². The fourth-order valence-electron chi connectivity index (χ4n) is 1.87. The molecule has 0 aliphatic carbocycles. The lowest BCUT2D eigenvalue weighted by atomic mass is 10.1. The van der Waals surface area contributed by atoms with Gasteiger partial charge < -0.3 is 15.7 Å². The number of aliphatic hydroxyl groups is 1. The number of carbonyl (C=O) groups is 2. The Morgan fingerprint density at radius 3 is 2.95 bits per heavy atom. The molecule has 2 amide bonds. The van der Waals surface area contributed by atoms with Crippen LogP contribution in [-0.2, 0) is 9.59 Å². The molecule has 0 radical (unpaired) electrons. The van der Waals surface area contributed by atoms with Crippen LogP contribution in [0.3, 0.4) is 0 Å². The van der Waals surface area contributed by atoms with Crippen molar-refractivity contribution in [2.75, 3.05) is 11.9 Å². The van der Waals surface area contributed by atoms with Gasteiger partial charge in [-0.1, -0.05) is 11.8 Å². The zero-order valence-corrected chi connectivity index (χ0v) is 10.6. The van der Waals surface area contributed by atoms with Crippen LogP contribution < -0.4 is 10.6 Å². The second-order valence-corrected chi connectivity index (χ2v) is 4.30. The first-order valence-electron chi connectivity index (χ1n) is 6.09. The molecule has 1 heterocycles. The van der Waals surface area contributed by atoms with Gasteiger partial charge >= 0.3 is 0 Å². The predicted molar refractivity (Wildman–Crippen MR) is 70.2 cm³/mol. The lowest BCUT2D eigenvalue weighted by molar-refractivity contribution is -0.122. The summed E-state index contributed by atoms with van der Waals surface area (Å²) in [5.74, 6) is 3.69. The summed E-state index contributed by atoms with van der Waals surface area (Å²) in [5.41, 5.74) is 0.439. The molecule has 1 saturated heterocycles. The molecule has 0 saturated carbocycles. The number of anilines is 1. The standard InChI is InChI=1S/C14H13FN2O3/c15-11-8-10(4-3-9(11)2-1-7-18)16-14(20)12-5-6-13(19)17-12/h3-4,8,12,18H,5-7H2,(H,16,20)(H,17,19). The minimum atomic E-state index is -0.584. The second kappa shape index (κ2) is 6.17. The highest BCUT2D eigenvalue weighted by molar-refractivity contribution is 5.98. The van der Waals surface area contributed by atoms with Gasteiger partial charge in [-0.2, -0.15) is 0 Å². The van der Waals surface area contributed by atoms with Crippen LogP contribution in [0.5, 0.6) is 0 Å². The summed E-state index contributed by atoms with van der Waals surface area (Å²) < 4.78 is 13.7. The molecular formula is C14H13FN2O3. The van der Waals surface area contributed by atoms with E-state index in [9.17, 15) is 14.0 Å². The van der Waals surface area contributed by atoms with E-state index in [0.717, 1.165) is 6.07 Å². The number of hydrogen-bond acceptors (Lipinski definition) is 3. The zero-order valence-electron chi connectivity index (χ0n) is 10.6. The topological polar surface area (TPSA) is 78.4 Å². The molecule has 0 spiro atoms. The van der Waals surface area contributed by atoms with Gasteiger partial charge in [0.25, 0.3) is 0 Å². The molecule has 1 aliphatic rings. The number of halogens is 1. The number of rotatable bonds is 2. The van der Waals surface area contributed by atoms with E-state index in [0.29, 0.717) is 18.5 Å². The Morgan fingerprint density at radius 2 is 2.35 bits per heavy atom. The molecule has 0 bridgehead atoms. The lowest BCUT2D eigenvalue weighted by Crippen LogP contribution is -2.37. The molecule has 5 nitrogen and oxygen atoms in total. The van der Waals surface area contributed by atoms with E-state index in [1.165, 1.54) is 12.1 Å². The van der Waals surface area contributed by atoms with Crippen molar-refractivity contribution in [3.63, 3.8) is 0 Å². The quantitative estimate of drug-likeness (QED) is 0.684. The number of aliphatic hydroxyl groups excluding tert-OH is 1. The number of nitrogens with one attached hydrogen (secondary N) is 2. The van der Waals surface area contributed by atoms with Gasteiger partial charge in [-0.3, -0.25) is 9.59 Å². The van der Waals surface area contributed by atoms with Crippen LogP contribution in [0.1, 0.15) is 18.4 Å². The first-order chi connectivity index (χ1) is 9.60. The van der Waals surface area contributed by atoms with Crippen LogP contribution in [0, 0.1) is 17.7 Å². The third-order valence-corrected chi connectivity index (χ3v) is 2.85. The average molecular weight is 276 g/mol. The molecule has 1 fully saturated rings. The summed E-state index contributed by atoms with van der Waals surface area (Å²) in [6.07, 6.45) is 0.759. The SMILES string of the molecule is O=C1CCC(C(=O)Nc2ccc(C#CCO)c(F)c2)N1. The highest BCUT2D eigenvalue weighted by Gasteiger charge is 2.27. The smallest absolute Gasteiger partial charge is 0.246 e. The van der Waals surface area contributed by atoms with Gasteiger partial charge in [0.05, 0.1) is 5.56 Å².